The van der Waals surface area contributed by atoms with Crippen LogP contribution in [0.3, 0.4) is 0 Å². The number of hydrogen-bond acceptors (Lipinski definition) is 5. The monoisotopic (exact) mass is 499 g/mol. The van der Waals surface area contributed by atoms with Crippen LogP contribution >= 0.6 is 23.4 Å². The van der Waals surface area contributed by atoms with Crippen molar-refractivity contribution >= 4 is 51.5 Å². The molecule has 1 heterocycles. The molecular weight excluding hydrogens is 478 g/mol. The van der Waals surface area contributed by atoms with E-state index in [1.54, 1.807) is 12.1 Å². The number of allylic oxidation sites excluding steroid dienone is 3. The summed E-state index contributed by atoms with van der Waals surface area (Å²) in [5, 5.41) is 19.7. The van der Waals surface area contributed by atoms with Crippen molar-refractivity contribution in [2.45, 2.75) is 25.2 Å². The van der Waals surface area contributed by atoms with E-state index >= 15 is 0 Å². The van der Waals surface area contributed by atoms with E-state index < -0.39 is 5.92 Å². The van der Waals surface area contributed by atoms with Gasteiger partial charge >= 0.3 is 0 Å². The van der Waals surface area contributed by atoms with Crippen molar-refractivity contribution in [1.82, 2.24) is 5.32 Å². The Labute approximate surface area is 212 Å². The first kappa shape index (κ1) is 23.2. The fourth-order valence-electron chi connectivity index (χ4n) is 4.63. The first-order valence-electron chi connectivity index (χ1n) is 11.4. The third-order valence-electron chi connectivity index (χ3n) is 6.25. The third kappa shape index (κ3) is 4.84. The summed E-state index contributed by atoms with van der Waals surface area (Å²) < 4.78 is 0. The highest BCUT2D eigenvalue weighted by Gasteiger charge is 2.37. The maximum absolute atomic E-state index is 12.9. The molecule has 1 aliphatic heterocycles. The molecule has 3 aromatic carbocycles. The number of Topliss-reactive ketones (excluding diaryl/α,β-unsaturated/α-hetero) is 1. The molecule has 1 atom stereocenters. The molecule has 1 amide bonds. The van der Waals surface area contributed by atoms with E-state index in [2.05, 4.69) is 16.7 Å². The van der Waals surface area contributed by atoms with Crippen molar-refractivity contribution in [3.8, 4) is 6.07 Å². The van der Waals surface area contributed by atoms with Gasteiger partial charge in [-0.3, -0.25) is 9.59 Å². The largest absolute Gasteiger partial charge is 0.352 e. The van der Waals surface area contributed by atoms with Crippen LogP contribution in [0.15, 0.2) is 88.6 Å². The topological polar surface area (TPSA) is 82.0 Å². The minimum absolute atomic E-state index is 0.0598. The highest BCUT2D eigenvalue weighted by atomic mass is 35.5. The number of fused-ring (bicyclic) bond motifs is 1. The number of carbonyl (C=O) groups is 2. The fourth-order valence-corrected chi connectivity index (χ4v) is 5.62. The number of thioether (sulfide) groups is 1. The minimum Gasteiger partial charge on any atom is -0.352 e. The number of nitrogens with zero attached hydrogens (tertiary/aromatic N) is 1. The van der Waals surface area contributed by atoms with Gasteiger partial charge in [0.1, 0.15) is 0 Å². The Bertz CT molecular complexity index is 1440. The van der Waals surface area contributed by atoms with Crippen LogP contribution in [0.2, 0.25) is 5.02 Å². The van der Waals surface area contributed by atoms with E-state index in [1.165, 1.54) is 11.8 Å². The van der Waals surface area contributed by atoms with E-state index in [1.807, 2.05) is 54.6 Å². The van der Waals surface area contributed by atoms with Crippen LogP contribution in [0.25, 0.3) is 10.8 Å². The molecule has 2 aliphatic rings. The van der Waals surface area contributed by atoms with Crippen LogP contribution in [0.4, 0.5) is 5.69 Å². The molecule has 0 fully saturated rings. The van der Waals surface area contributed by atoms with E-state index in [-0.39, 0.29) is 17.4 Å². The van der Waals surface area contributed by atoms with Crippen molar-refractivity contribution < 1.29 is 9.59 Å². The van der Waals surface area contributed by atoms with Gasteiger partial charge in [-0.2, -0.15) is 5.26 Å². The Kier molecular flexibility index (Phi) is 6.63. The number of ketones is 1. The fraction of sp³-hybridized carbons (Fsp3) is 0.179. The number of hydrogen-bond donors (Lipinski definition) is 2. The van der Waals surface area contributed by atoms with Crippen molar-refractivity contribution in [3.05, 3.63) is 99.2 Å². The van der Waals surface area contributed by atoms with Gasteiger partial charge in [-0.25, -0.2) is 0 Å². The molecule has 35 heavy (non-hydrogen) atoms. The lowest BCUT2D eigenvalue weighted by molar-refractivity contribution is -0.116. The highest BCUT2D eigenvalue weighted by molar-refractivity contribution is 8.03. The van der Waals surface area contributed by atoms with Gasteiger partial charge in [-0.15, -0.1) is 0 Å². The minimum atomic E-state index is -0.465. The summed E-state index contributed by atoms with van der Waals surface area (Å²) in [6, 6.07) is 23.3. The number of benzene rings is 3. The van der Waals surface area contributed by atoms with E-state index in [4.69, 9.17) is 11.6 Å². The van der Waals surface area contributed by atoms with Crippen LogP contribution in [-0.2, 0) is 9.59 Å². The van der Waals surface area contributed by atoms with Gasteiger partial charge in [0.05, 0.1) is 28.3 Å². The number of nitriles is 1. The summed E-state index contributed by atoms with van der Waals surface area (Å²) in [7, 11) is 0. The summed E-state index contributed by atoms with van der Waals surface area (Å²) in [6.45, 7) is 0. The molecule has 0 saturated heterocycles. The van der Waals surface area contributed by atoms with Gasteiger partial charge in [0.15, 0.2) is 5.78 Å². The molecule has 7 heteroatoms. The second kappa shape index (κ2) is 9.99. The summed E-state index contributed by atoms with van der Waals surface area (Å²) in [5.41, 5.74) is 3.51. The normalized spacial score (nSPS) is 17.6. The molecular formula is C28H22ClN3O2S. The van der Waals surface area contributed by atoms with E-state index in [0.29, 0.717) is 27.6 Å². The summed E-state index contributed by atoms with van der Waals surface area (Å²) in [4.78, 5) is 25.6. The number of anilines is 1. The van der Waals surface area contributed by atoms with Crippen molar-refractivity contribution in [2.24, 2.45) is 0 Å². The predicted molar refractivity (Wildman–Crippen MR) is 141 cm³/mol. The molecule has 174 valence electrons. The van der Waals surface area contributed by atoms with Crippen molar-refractivity contribution in [1.29, 1.82) is 5.26 Å². The molecule has 5 nitrogen and oxygen atoms in total. The number of dihydropyridines is 1. The van der Waals surface area contributed by atoms with Gasteiger partial charge in [0.25, 0.3) is 0 Å². The maximum atomic E-state index is 12.9. The smallest absolute Gasteiger partial charge is 0.234 e. The molecule has 0 bridgehead atoms. The van der Waals surface area contributed by atoms with E-state index in [0.717, 1.165) is 40.6 Å². The Hall–Kier alpha value is -3.53. The van der Waals surface area contributed by atoms with Gasteiger partial charge in [0, 0.05) is 28.4 Å². The molecule has 0 aromatic heterocycles. The summed E-state index contributed by atoms with van der Waals surface area (Å²) in [6.07, 6.45) is 1.97. The number of carbonyl (C=O) groups excluding carboxylic acids is 2. The maximum Gasteiger partial charge on any atom is 0.234 e. The second-order valence-electron chi connectivity index (χ2n) is 8.53. The highest BCUT2D eigenvalue weighted by Crippen LogP contribution is 2.44. The zero-order valence-electron chi connectivity index (χ0n) is 18.8. The Morgan fingerprint density at radius 1 is 1.09 bits per heavy atom. The third-order valence-corrected chi connectivity index (χ3v) is 7.52. The van der Waals surface area contributed by atoms with Crippen LogP contribution in [0, 0.1) is 11.3 Å². The SMILES string of the molecule is N#CC1=C(SCC(=O)Nc2ccc3ccccc3c2)NC2=C(C(=O)CCC2)[C@@H]1c1ccc(Cl)cc1. The number of nitrogens with one attached hydrogen (secondary N) is 2. The van der Waals surface area contributed by atoms with Crippen LogP contribution in [-0.4, -0.2) is 17.4 Å². The Balaban J connectivity index is 1.39. The van der Waals surface area contributed by atoms with Gasteiger partial charge in [-0.05, 0) is 53.4 Å². The number of halogens is 1. The summed E-state index contributed by atoms with van der Waals surface area (Å²) in [5.74, 6) is -0.444. The van der Waals surface area contributed by atoms with Gasteiger partial charge in [0.2, 0.25) is 5.91 Å². The molecule has 0 saturated carbocycles. The van der Waals surface area contributed by atoms with Crippen molar-refractivity contribution in [2.75, 3.05) is 11.1 Å². The molecule has 0 spiro atoms. The van der Waals surface area contributed by atoms with Crippen LogP contribution < -0.4 is 10.6 Å². The zero-order chi connectivity index (χ0) is 24.4. The first-order valence-corrected chi connectivity index (χ1v) is 12.7. The van der Waals surface area contributed by atoms with Gasteiger partial charge < -0.3 is 10.6 Å². The predicted octanol–water partition coefficient (Wildman–Crippen LogP) is 6.29. The lowest BCUT2D eigenvalue weighted by Gasteiger charge is -2.33. The average molecular weight is 500 g/mol. The number of amides is 1. The lowest BCUT2D eigenvalue weighted by atomic mass is 9.77. The average Bonchev–Trinajstić information content (AvgIpc) is 2.87. The molecule has 3 aromatic rings. The second-order valence-corrected chi connectivity index (χ2v) is 9.95. The standard InChI is InChI=1S/C28H22ClN3O2S/c29-20-11-8-18(9-12-20)26-22(15-30)28(32-23-6-3-7-24(33)27(23)26)35-16-25(34)31-21-13-10-17-4-1-2-5-19(17)14-21/h1-2,4-5,8-14,26,32H,3,6-7,16H2,(H,31,34)/t26-/m1/s1. The molecule has 2 N–H and O–H groups in total. The van der Waals surface area contributed by atoms with Crippen LogP contribution in [0.1, 0.15) is 30.7 Å². The summed E-state index contributed by atoms with van der Waals surface area (Å²) >= 11 is 7.36. The molecule has 5 rings (SSSR count). The van der Waals surface area contributed by atoms with E-state index in [9.17, 15) is 14.9 Å². The molecule has 1 aliphatic carbocycles. The zero-order valence-corrected chi connectivity index (χ0v) is 20.4. The number of rotatable bonds is 5. The Morgan fingerprint density at radius 3 is 2.63 bits per heavy atom. The van der Waals surface area contributed by atoms with Crippen LogP contribution in [0.5, 0.6) is 0 Å². The molecule has 0 radical (unpaired) electrons. The molecule has 0 unspecified atom stereocenters. The Morgan fingerprint density at radius 2 is 1.86 bits per heavy atom. The quantitative estimate of drug-likeness (QED) is 0.431. The first-order chi connectivity index (χ1) is 17.0. The van der Waals surface area contributed by atoms with Crippen molar-refractivity contribution in [3.63, 3.8) is 0 Å². The lowest BCUT2D eigenvalue weighted by Crippen LogP contribution is -2.31. The van der Waals surface area contributed by atoms with Gasteiger partial charge in [-0.1, -0.05) is 65.8 Å².